The second-order valence-electron chi connectivity index (χ2n) is 5.97. The van der Waals surface area contributed by atoms with Gasteiger partial charge in [0.1, 0.15) is 5.75 Å². The molecule has 0 saturated heterocycles. The molecule has 1 rings (SSSR count). The van der Waals surface area contributed by atoms with Gasteiger partial charge in [0.25, 0.3) is 0 Å². The highest BCUT2D eigenvalue weighted by molar-refractivity contribution is 5.95. The van der Waals surface area contributed by atoms with Crippen LogP contribution >= 0.6 is 0 Å². The summed E-state index contributed by atoms with van der Waals surface area (Å²) in [5, 5.41) is 5.24. The van der Waals surface area contributed by atoms with E-state index < -0.39 is 0 Å². The van der Waals surface area contributed by atoms with Gasteiger partial charge in [-0.15, -0.1) is 0 Å². The maximum atomic E-state index is 12.1. The minimum Gasteiger partial charge on any atom is -0.497 e. The first kappa shape index (κ1) is 21.5. The number of amides is 3. The lowest BCUT2D eigenvalue weighted by molar-refractivity contribution is -0.136. The number of rotatable bonds is 11. The van der Waals surface area contributed by atoms with Crippen LogP contribution in [0.4, 0.5) is 5.69 Å². The monoisotopic (exact) mass is 363 g/mol. The maximum Gasteiger partial charge on any atom is 0.243 e. The molecule has 26 heavy (non-hydrogen) atoms. The van der Waals surface area contributed by atoms with Gasteiger partial charge in [-0.3, -0.25) is 14.4 Å². The van der Waals surface area contributed by atoms with Gasteiger partial charge >= 0.3 is 0 Å². The third-order valence-corrected chi connectivity index (χ3v) is 3.74. The fraction of sp³-hybridized carbons (Fsp3) is 0.526. The van der Waals surface area contributed by atoms with Crippen molar-refractivity contribution in [1.29, 1.82) is 0 Å². The quantitative estimate of drug-likeness (QED) is 0.631. The van der Waals surface area contributed by atoms with E-state index in [1.54, 1.807) is 36.3 Å². The van der Waals surface area contributed by atoms with Gasteiger partial charge in [0.05, 0.1) is 20.2 Å². The Kier molecular flexibility index (Phi) is 9.82. The number of carbonyl (C=O) groups is 3. The first-order valence-electron chi connectivity index (χ1n) is 8.98. The van der Waals surface area contributed by atoms with Gasteiger partial charge in [0, 0.05) is 18.7 Å². The Morgan fingerprint density at radius 3 is 2.31 bits per heavy atom. The predicted molar refractivity (Wildman–Crippen MR) is 101 cm³/mol. The van der Waals surface area contributed by atoms with E-state index in [-0.39, 0.29) is 30.8 Å². The first-order valence-corrected chi connectivity index (χ1v) is 8.98. The van der Waals surface area contributed by atoms with Crippen LogP contribution in [0.1, 0.15) is 39.5 Å². The lowest BCUT2D eigenvalue weighted by Gasteiger charge is -2.21. The number of unbranched alkanes of at least 4 members (excludes halogenated alkanes) is 1. The Labute approximate surface area is 155 Å². The van der Waals surface area contributed by atoms with Crippen molar-refractivity contribution in [3.8, 4) is 5.75 Å². The Hall–Kier alpha value is -2.57. The van der Waals surface area contributed by atoms with Gasteiger partial charge in [-0.1, -0.05) is 20.3 Å². The van der Waals surface area contributed by atoms with Crippen LogP contribution < -0.4 is 15.4 Å². The van der Waals surface area contributed by atoms with Crippen molar-refractivity contribution in [2.45, 2.75) is 39.5 Å². The molecule has 0 fully saturated rings. The van der Waals surface area contributed by atoms with E-state index in [0.717, 1.165) is 19.3 Å². The molecule has 0 bridgehead atoms. The summed E-state index contributed by atoms with van der Waals surface area (Å²) in [4.78, 5) is 37.6. The largest absolute Gasteiger partial charge is 0.497 e. The number of anilines is 1. The number of benzene rings is 1. The minimum absolute atomic E-state index is 0.0216. The van der Waals surface area contributed by atoms with Crippen molar-refractivity contribution < 1.29 is 19.1 Å². The van der Waals surface area contributed by atoms with E-state index in [2.05, 4.69) is 10.6 Å². The Morgan fingerprint density at radius 2 is 1.73 bits per heavy atom. The van der Waals surface area contributed by atoms with Crippen LogP contribution in [0, 0.1) is 0 Å². The normalized spacial score (nSPS) is 10.1. The molecular weight excluding hydrogens is 334 g/mol. The van der Waals surface area contributed by atoms with E-state index in [4.69, 9.17) is 4.74 Å². The second-order valence-corrected chi connectivity index (χ2v) is 5.97. The fourth-order valence-corrected chi connectivity index (χ4v) is 2.34. The maximum absolute atomic E-state index is 12.1. The van der Waals surface area contributed by atoms with Crippen LogP contribution in [0.25, 0.3) is 0 Å². The van der Waals surface area contributed by atoms with Crippen LogP contribution in [-0.2, 0) is 14.4 Å². The van der Waals surface area contributed by atoms with Gasteiger partial charge < -0.3 is 20.3 Å². The molecule has 0 heterocycles. The molecule has 0 saturated carbocycles. The highest BCUT2D eigenvalue weighted by atomic mass is 16.5. The van der Waals surface area contributed by atoms with Crippen LogP contribution in [-0.4, -0.2) is 49.4 Å². The standard InChI is InChI=1S/C19H29N3O4/c1-4-6-7-19(25)22(12-5-2)14-18(24)20-13-17(23)21-15-8-10-16(26-3)11-9-15/h8-11H,4-7,12-14H2,1-3H3,(H,20,24)(H,21,23). The molecule has 144 valence electrons. The Balaban J connectivity index is 2.42. The van der Waals surface area contributed by atoms with E-state index in [1.165, 1.54) is 0 Å². The number of methoxy groups -OCH3 is 1. The van der Waals surface area contributed by atoms with Gasteiger partial charge in [0.15, 0.2) is 0 Å². The zero-order valence-corrected chi connectivity index (χ0v) is 15.8. The second kappa shape index (κ2) is 11.9. The molecule has 3 amide bonds. The number of hydrogen-bond donors (Lipinski definition) is 2. The highest BCUT2D eigenvalue weighted by Gasteiger charge is 2.16. The number of nitrogens with one attached hydrogen (secondary N) is 2. The summed E-state index contributed by atoms with van der Waals surface area (Å²) < 4.78 is 5.05. The summed E-state index contributed by atoms with van der Waals surface area (Å²) in [7, 11) is 1.57. The van der Waals surface area contributed by atoms with Gasteiger partial charge in [-0.2, -0.15) is 0 Å². The minimum atomic E-state index is -0.340. The molecule has 0 aliphatic carbocycles. The molecule has 0 aliphatic rings. The zero-order valence-electron chi connectivity index (χ0n) is 15.8. The molecule has 7 heteroatoms. The van der Waals surface area contributed by atoms with Crippen molar-refractivity contribution in [3.05, 3.63) is 24.3 Å². The van der Waals surface area contributed by atoms with Crippen molar-refractivity contribution in [2.24, 2.45) is 0 Å². The Bertz CT molecular complexity index is 587. The molecule has 0 radical (unpaired) electrons. The Morgan fingerprint density at radius 1 is 1.04 bits per heavy atom. The molecule has 0 spiro atoms. The van der Waals surface area contributed by atoms with Crippen LogP contribution in [0.2, 0.25) is 0 Å². The SMILES string of the molecule is CCCCC(=O)N(CCC)CC(=O)NCC(=O)Nc1ccc(OC)cc1. The molecule has 7 nitrogen and oxygen atoms in total. The van der Waals surface area contributed by atoms with Gasteiger partial charge in [-0.25, -0.2) is 0 Å². The summed E-state index contributed by atoms with van der Waals surface area (Å²) in [6.07, 6.45) is 2.97. The summed E-state index contributed by atoms with van der Waals surface area (Å²) in [6, 6.07) is 6.90. The fourth-order valence-electron chi connectivity index (χ4n) is 2.34. The lowest BCUT2D eigenvalue weighted by atomic mass is 10.2. The predicted octanol–water partition coefficient (Wildman–Crippen LogP) is 2.18. The molecule has 0 atom stereocenters. The number of hydrogen-bond acceptors (Lipinski definition) is 4. The molecular formula is C19H29N3O4. The molecule has 1 aromatic carbocycles. The van der Waals surface area contributed by atoms with Crippen LogP contribution in [0.3, 0.4) is 0 Å². The van der Waals surface area contributed by atoms with E-state index >= 15 is 0 Å². The van der Waals surface area contributed by atoms with Crippen molar-refractivity contribution in [3.63, 3.8) is 0 Å². The van der Waals surface area contributed by atoms with Gasteiger partial charge in [-0.05, 0) is 37.1 Å². The number of carbonyl (C=O) groups excluding carboxylic acids is 3. The average molecular weight is 363 g/mol. The van der Waals surface area contributed by atoms with Gasteiger partial charge in [0.2, 0.25) is 17.7 Å². The molecule has 0 aromatic heterocycles. The number of ether oxygens (including phenoxy) is 1. The lowest BCUT2D eigenvalue weighted by Crippen LogP contribution is -2.43. The van der Waals surface area contributed by atoms with Crippen molar-refractivity contribution in [1.82, 2.24) is 10.2 Å². The van der Waals surface area contributed by atoms with E-state index in [0.29, 0.717) is 24.4 Å². The van der Waals surface area contributed by atoms with Crippen molar-refractivity contribution >= 4 is 23.4 Å². The van der Waals surface area contributed by atoms with Crippen molar-refractivity contribution in [2.75, 3.05) is 32.1 Å². The molecule has 0 aliphatic heterocycles. The highest BCUT2D eigenvalue weighted by Crippen LogP contribution is 2.14. The average Bonchev–Trinajstić information content (AvgIpc) is 2.64. The first-order chi connectivity index (χ1) is 12.5. The molecule has 0 unspecified atom stereocenters. The molecule has 1 aromatic rings. The zero-order chi connectivity index (χ0) is 19.4. The van der Waals surface area contributed by atoms with E-state index in [1.807, 2.05) is 13.8 Å². The summed E-state index contributed by atoms with van der Waals surface area (Å²) in [5.41, 5.74) is 0.618. The smallest absolute Gasteiger partial charge is 0.243 e. The summed E-state index contributed by atoms with van der Waals surface area (Å²) in [6.45, 7) is 4.35. The topological polar surface area (TPSA) is 87.7 Å². The summed E-state index contributed by atoms with van der Waals surface area (Å²) >= 11 is 0. The van der Waals surface area contributed by atoms with E-state index in [9.17, 15) is 14.4 Å². The van der Waals surface area contributed by atoms with Crippen LogP contribution in [0.15, 0.2) is 24.3 Å². The summed E-state index contributed by atoms with van der Waals surface area (Å²) in [5.74, 6) is 0.00244. The molecule has 2 N–H and O–H groups in total. The van der Waals surface area contributed by atoms with Crippen LogP contribution in [0.5, 0.6) is 5.75 Å². The third kappa shape index (κ3) is 8.00. The third-order valence-electron chi connectivity index (χ3n) is 3.74. The number of nitrogens with zero attached hydrogens (tertiary/aromatic N) is 1.